The summed E-state index contributed by atoms with van der Waals surface area (Å²) >= 11 is 0. The van der Waals surface area contributed by atoms with Gasteiger partial charge in [0.1, 0.15) is 5.75 Å². The Morgan fingerprint density at radius 3 is 2.22 bits per heavy atom. The molecule has 2 heteroatoms. The van der Waals surface area contributed by atoms with E-state index < -0.39 is 0 Å². The molecule has 18 heavy (non-hydrogen) atoms. The van der Waals surface area contributed by atoms with E-state index >= 15 is 0 Å². The maximum Gasteiger partial charge on any atom is 0.125 e. The second-order valence-corrected chi connectivity index (χ2v) is 5.59. The van der Waals surface area contributed by atoms with Gasteiger partial charge in [0.25, 0.3) is 0 Å². The SMILES string of the molecule is COc1c(C)c(C)cc(C)c1CC(CN)C(C)C. The lowest BCUT2D eigenvalue weighted by atomic mass is 9.86. The molecule has 0 aliphatic heterocycles. The lowest BCUT2D eigenvalue weighted by Crippen LogP contribution is -2.23. The predicted octanol–water partition coefficient (Wildman–Crippen LogP) is 3.39. The third kappa shape index (κ3) is 3.05. The molecule has 1 rings (SSSR count). The number of methoxy groups -OCH3 is 1. The van der Waals surface area contributed by atoms with Crippen LogP contribution in [0.3, 0.4) is 0 Å². The average molecular weight is 249 g/mol. The maximum atomic E-state index is 5.89. The smallest absolute Gasteiger partial charge is 0.125 e. The minimum absolute atomic E-state index is 0.514. The molecular weight excluding hydrogens is 222 g/mol. The Bertz CT molecular complexity index is 410. The number of ether oxygens (including phenoxy) is 1. The molecule has 0 amide bonds. The molecule has 0 heterocycles. The van der Waals surface area contributed by atoms with Crippen molar-refractivity contribution in [2.45, 2.75) is 41.0 Å². The molecule has 0 radical (unpaired) electrons. The van der Waals surface area contributed by atoms with Gasteiger partial charge in [-0.05, 0) is 67.8 Å². The van der Waals surface area contributed by atoms with Crippen molar-refractivity contribution in [1.82, 2.24) is 0 Å². The first-order chi connectivity index (χ1) is 8.42. The molecule has 0 bridgehead atoms. The number of benzene rings is 1. The normalized spacial score (nSPS) is 12.9. The molecule has 2 N–H and O–H groups in total. The van der Waals surface area contributed by atoms with E-state index in [1.54, 1.807) is 7.11 Å². The summed E-state index contributed by atoms with van der Waals surface area (Å²) in [6.45, 7) is 11.6. The molecule has 1 aromatic rings. The molecule has 2 nitrogen and oxygen atoms in total. The van der Waals surface area contributed by atoms with Gasteiger partial charge in [-0.1, -0.05) is 19.9 Å². The van der Waals surface area contributed by atoms with Crippen LogP contribution in [0.4, 0.5) is 0 Å². The Hall–Kier alpha value is -1.02. The van der Waals surface area contributed by atoms with E-state index in [1.165, 1.54) is 22.3 Å². The van der Waals surface area contributed by atoms with Crippen molar-refractivity contribution in [1.29, 1.82) is 0 Å². The zero-order chi connectivity index (χ0) is 13.9. The highest BCUT2D eigenvalue weighted by Crippen LogP contribution is 2.32. The Balaban J connectivity index is 3.19. The quantitative estimate of drug-likeness (QED) is 0.868. The van der Waals surface area contributed by atoms with Crippen molar-refractivity contribution >= 4 is 0 Å². The van der Waals surface area contributed by atoms with Crippen molar-refractivity contribution in [3.8, 4) is 5.75 Å². The van der Waals surface area contributed by atoms with Crippen LogP contribution in [0.2, 0.25) is 0 Å². The maximum absolute atomic E-state index is 5.89. The minimum atomic E-state index is 0.514. The highest BCUT2D eigenvalue weighted by molar-refractivity contribution is 5.49. The second kappa shape index (κ2) is 6.24. The standard InChI is InChI=1S/C16H27NO/c1-10(2)14(9-17)8-15-12(4)7-11(3)13(5)16(15)18-6/h7,10,14H,8-9,17H2,1-6H3. The molecule has 0 saturated heterocycles. The summed E-state index contributed by atoms with van der Waals surface area (Å²) in [5.41, 5.74) is 11.1. The second-order valence-electron chi connectivity index (χ2n) is 5.59. The highest BCUT2D eigenvalue weighted by atomic mass is 16.5. The summed E-state index contributed by atoms with van der Waals surface area (Å²) in [6, 6.07) is 2.25. The van der Waals surface area contributed by atoms with Crippen LogP contribution in [-0.2, 0) is 6.42 Å². The molecule has 0 aliphatic carbocycles. The lowest BCUT2D eigenvalue weighted by Gasteiger charge is -2.23. The fraction of sp³-hybridized carbons (Fsp3) is 0.625. The number of hydrogen-bond acceptors (Lipinski definition) is 2. The molecule has 1 unspecified atom stereocenters. The van der Waals surface area contributed by atoms with Gasteiger partial charge in [0.05, 0.1) is 7.11 Å². The van der Waals surface area contributed by atoms with Gasteiger partial charge >= 0.3 is 0 Å². The van der Waals surface area contributed by atoms with E-state index in [-0.39, 0.29) is 0 Å². The zero-order valence-corrected chi connectivity index (χ0v) is 12.6. The molecular formula is C16H27NO. The average Bonchev–Trinajstić information content (AvgIpc) is 2.31. The van der Waals surface area contributed by atoms with Crippen molar-refractivity contribution in [3.05, 3.63) is 28.3 Å². The molecule has 0 aliphatic rings. The summed E-state index contributed by atoms with van der Waals surface area (Å²) in [4.78, 5) is 0. The van der Waals surface area contributed by atoms with Crippen molar-refractivity contribution in [3.63, 3.8) is 0 Å². The van der Waals surface area contributed by atoms with Crippen LogP contribution in [0.15, 0.2) is 6.07 Å². The van der Waals surface area contributed by atoms with Crippen LogP contribution in [0.1, 0.15) is 36.1 Å². The molecule has 0 spiro atoms. The zero-order valence-electron chi connectivity index (χ0n) is 12.6. The number of aryl methyl sites for hydroxylation is 2. The van der Waals surface area contributed by atoms with Crippen LogP contribution in [0.5, 0.6) is 5.75 Å². The summed E-state index contributed by atoms with van der Waals surface area (Å²) < 4.78 is 5.62. The van der Waals surface area contributed by atoms with Gasteiger partial charge in [-0.2, -0.15) is 0 Å². The fourth-order valence-electron chi connectivity index (χ4n) is 2.49. The van der Waals surface area contributed by atoms with E-state index in [1.807, 2.05) is 0 Å². The van der Waals surface area contributed by atoms with Crippen molar-refractivity contribution in [2.24, 2.45) is 17.6 Å². The van der Waals surface area contributed by atoms with Crippen LogP contribution in [0, 0.1) is 32.6 Å². The van der Waals surface area contributed by atoms with E-state index in [2.05, 4.69) is 40.7 Å². The largest absolute Gasteiger partial charge is 0.496 e. The van der Waals surface area contributed by atoms with Gasteiger partial charge in [0.2, 0.25) is 0 Å². The summed E-state index contributed by atoms with van der Waals surface area (Å²) in [5.74, 6) is 2.16. The number of rotatable bonds is 5. The van der Waals surface area contributed by atoms with E-state index in [0.29, 0.717) is 11.8 Å². The van der Waals surface area contributed by atoms with Gasteiger partial charge in [0, 0.05) is 0 Å². The monoisotopic (exact) mass is 249 g/mol. The highest BCUT2D eigenvalue weighted by Gasteiger charge is 2.18. The topological polar surface area (TPSA) is 35.2 Å². The molecule has 1 atom stereocenters. The summed E-state index contributed by atoms with van der Waals surface area (Å²) in [6.07, 6.45) is 1.00. The summed E-state index contributed by atoms with van der Waals surface area (Å²) in [7, 11) is 1.76. The molecule has 0 aromatic heterocycles. The minimum Gasteiger partial charge on any atom is -0.496 e. The predicted molar refractivity (Wildman–Crippen MR) is 78.3 cm³/mol. The Kier molecular flexibility index (Phi) is 5.21. The molecule has 102 valence electrons. The first-order valence-electron chi connectivity index (χ1n) is 6.76. The van der Waals surface area contributed by atoms with E-state index in [0.717, 1.165) is 18.7 Å². The number of hydrogen-bond donors (Lipinski definition) is 1. The van der Waals surface area contributed by atoms with Gasteiger partial charge in [-0.25, -0.2) is 0 Å². The molecule has 1 aromatic carbocycles. The molecule has 0 fully saturated rings. The van der Waals surface area contributed by atoms with E-state index in [9.17, 15) is 0 Å². The third-order valence-electron chi connectivity index (χ3n) is 4.03. The van der Waals surface area contributed by atoms with Crippen LogP contribution in [0.25, 0.3) is 0 Å². The Morgan fingerprint density at radius 2 is 1.78 bits per heavy atom. The first-order valence-corrected chi connectivity index (χ1v) is 6.76. The number of nitrogens with two attached hydrogens (primary N) is 1. The van der Waals surface area contributed by atoms with Crippen LogP contribution in [-0.4, -0.2) is 13.7 Å². The third-order valence-corrected chi connectivity index (χ3v) is 4.03. The van der Waals surface area contributed by atoms with Gasteiger partial charge in [-0.15, -0.1) is 0 Å². The van der Waals surface area contributed by atoms with Crippen molar-refractivity contribution in [2.75, 3.05) is 13.7 Å². The Labute approximate surface area is 112 Å². The van der Waals surface area contributed by atoms with Crippen LogP contribution < -0.4 is 10.5 Å². The van der Waals surface area contributed by atoms with Gasteiger partial charge in [-0.3, -0.25) is 0 Å². The Morgan fingerprint density at radius 1 is 1.17 bits per heavy atom. The first kappa shape index (κ1) is 15.0. The van der Waals surface area contributed by atoms with Gasteiger partial charge in [0.15, 0.2) is 0 Å². The van der Waals surface area contributed by atoms with Crippen LogP contribution >= 0.6 is 0 Å². The summed E-state index contributed by atoms with van der Waals surface area (Å²) in [5, 5.41) is 0. The van der Waals surface area contributed by atoms with E-state index in [4.69, 9.17) is 10.5 Å². The lowest BCUT2D eigenvalue weighted by molar-refractivity contribution is 0.371. The van der Waals surface area contributed by atoms with Gasteiger partial charge < -0.3 is 10.5 Å². The fourth-order valence-corrected chi connectivity index (χ4v) is 2.49. The van der Waals surface area contributed by atoms with Crippen molar-refractivity contribution < 1.29 is 4.74 Å². The molecule has 0 saturated carbocycles.